The number of fused-ring (bicyclic) bond motifs is 3. The molecule has 1 atom stereocenters. The first-order chi connectivity index (χ1) is 13.5. The van der Waals surface area contributed by atoms with Crippen LogP contribution in [0.4, 0.5) is 11.5 Å². The maximum absolute atomic E-state index is 5.00. The largest absolute Gasteiger partial charge is 0.326 e. The average Bonchev–Trinajstić information content (AvgIpc) is 3.28. The third kappa shape index (κ3) is 2.61. The van der Waals surface area contributed by atoms with Gasteiger partial charge >= 0.3 is 0 Å². The predicted octanol–water partition coefficient (Wildman–Crippen LogP) is 5.00. The first-order valence-corrected chi connectivity index (χ1v) is 9.87. The van der Waals surface area contributed by atoms with Crippen molar-refractivity contribution in [1.29, 1.82) is 0 Å². The van der Waals surface area contributed by atoms with Gasteiger partial charge in [0.2, 0.25) is 0 Å². The maximum atomic E-state index is 5.00. The zero-order valence-electron chi connectivity index (χ0n) is 16.8. The van der Waals surface area contributed by atoms with E-state index in [9.17, 15) is 0 Å². The monoisotopic (exact) mass is 371 g/mol. The lowest BCUT2D eigenvalue weighted by Crippen LogP contribution is -2.27. The molecular formula is C23H25N5. The van der Waals surface area contributed by atoms with Crippen molar-refractivity contribution in [2.45, 2.75) is 33.1 Å². The summed E-state index contributed by atoms with van der Waals surface area (Å²) in [6.45, 7) is 7.64. The highest BCUT2D eigenvalue weighted by Crippen LogP contribution is 2.41. The lowest BCUT2D eigenvalue weighted by Gasteiger charge is -2.33. The Balaban J connectivity index is 1.73. The van der Waals surface area contributed by atoms with Crippen molar-refractivity contribution in [3.63, 3.8) is 0 Å². The minimum absolute atomic E-state index is 0.457. The molecule has 5 rings (SSSR count). The summed E-state index contributed by atoms with van der Waals surface area (Å²) in [6.07, 6.45) is 7.28. The summed E-state index contributed by atoms with van der Waals surface area (Å²) in [5.74, 6) is 1.66. The first kappa shape index (κ1) is 17.0. The molecule has 1 aliphatic rings. The fourth-order valence-electron chi connectivity index (χ4n) is 4.20. The summed E-state index contributed by atoms with van der Waals surface area (Å²) >= 11 is 0. The average molecular weight is 371 g/mol. The molecule has 142 valence electrons. The molecular weight excluding hydrogens is 346 g/mol. The molecule has 0 spiro atoms. The van der Waals surface area contributed by atoms with Gasteiger partial charge in [0.05, 0.1) is 11.9 Å². The highest BCUT2D eigenvalue weighted by atomic mass is 15.3. The number of imidazole rings is 1. The Bertz CT molecular complexity index is 1180. The van der Waals surface area contributed by atoms with Crippen LogP contribution in [0.3, 0.4) is 0 Å². The zero-order chi connectivity index (χ0) is 19.4. The number of pyridine rings is 1. The Morgan fingerprint density at radius 1 is 1.04 bits per heavy atom. The molecule has 28 heavy (non-hydrogen) atoms. The minimum atomic E-state index is 0.457. The van der Waals surface area contributed by atoms with Crippen LogP contribution in [-0.2, 0) is 7.05 Å². The molecule has 5 nitrogen and oxygen atoms in total. The van der Waals surface area contributed by atoms with E-state index in [4.69, 9.17) is 4.98 Å². The van der Waals surface area contributed by atoms with Crippen molar-refractivity contribution in [1.82, 2.24) is 19.2 Å². The second-order valence-corrected chi connectivity index (χ2v) is 8.00. The van der Waals surface area contributed by atoms with Gasteiger partial charge in [0.25, 0.3) is 0 Å². The van der Waals surface area contributed by atoms with Gasteiger partial charge in [0, 0.05) is 48.7 Å². The molecule has 1 aliphatic heterocycles. The van der Waals surface area contributed by atoms with E-state index in [1.807, 2.05) is 17.9 Å². The van der Waals surface area contributed by atoms with Gasteiger partial charge in [-0.2, -0.15) is 5.10 Å². The fourth-order valence-corrected chi connectivity index (χ4v) is 4.20. The smallest absolute Gasteiger partial charge is 0.141 e. The Hall–Kier alpha value is -3.08. The van der Waals surface area contributed by atoms with Gasteiger partial charge in [-0.05, 0) is 49.6 Å². The number of hydrogen-bond donors (Lipinski definition) is 0. The highest BCUT2D eigenvalue weighted by Gasteiger charge is 2.29. The molecule has 4 aromatic rings. The summed E-state index contributed by atoms with van der Waals surface area (Å²) in [5, 5.41) is 4.33. The van der Waals surface area contributed by atoms with E-state index >= 15 is 0 Å². The number of anilines is 2. The lowest BCUT2D eigenvalue weighted by atomic mass is 9.98. The third-order valence-electron chi connectivity index (χ3n) is 5.82. The number of hydrogen-bond acceptors (Lipinski definition) is 3. The van der Waals surface area contributed by atoms with Crippen LogP contribution in [0.2, 0.25) is 0 Å². The van der Waals surface area contributed by atoms with E-state index in [0.29, 0.717) is 5.92 Å². The van der Waals surface area contributed by atoms with E-state index in [0.717, 1.165) is 29.7 Å². The van der Waals surface area contributed by atoms with Gasteiger partial charge in [0.15, 0.2) is 0 Å². The van der Waals surface area contributed by atoms with Gasteiger partial charge < -0.3 is 4.90 Å². The van der Waals surface area contributed by atoms with Crippen LogP contribution < -0.4 is 4.90 Å². The molecule has 4 heterocycles. The Labute approximate surface area is 165 Å². The van der Waals surface area contributed by atoms with E-state index in [2.05, 4.69) is 77.9 Å². The third-order valence-corrected chi connectivity index (χ3v) is 5.82. The van der Waals surface area contributed by atoms with Crippen LogP contribution >= 0.6 is 0 Å². The number of aryl methyl sites for hydroxylation is 3. The zero-order valence-corrected chi connectivity index (χ0v) is 16.8. The van der Waals surface area contributed by atoms with Crippen molar-refractivity contribution >= 4 is 17.2 Å². The minimum Gasteiger partial charge on any atom is -0.326 e. The normalized spacial score (nSPS) is 16.6. The van der Waals surface area contributed by atoms with Crippen molar-refractivity contribution in [2.24, 2.45) is 7.05 Å². The molecule has 0 fully saturated rings. The van der Waals surface area contributed by atoms with Gasteiger partial charge in [-0.3, -0.25) is 9.08 Å². The Morgan fingerprint density at radius 2 is 1.89 bits per heavy atom. The lowest BCUT2D eigenvalue weighted by molar-refractivity contribution is 0.631. The van der Waals surface area contributed by atoms with Crippen LogP contribution in [0.5, 0.6) is 0 Å². The molecule has 0 radical (unpaired) electrons. The van der Waals surface area contributed by atoms with Crippen molar-refractivity contribution in [2.75, 3.05) is 11.4 Å². The SMILES string of the molecule is Cc1ccc(C)c(N2CCC(C)c3nc4ccc(-c5cnn(C)c5)cn4c32)c1. The molecule has 1 aromatic carbocycles. The molecule has 0 bridgehead atoms. The molecule has 0 saturated carbocycles. The molecule has 0 N–H and O–H groups in total. The number of benzene rings is 1. The second kappa shape index (κ2) is 6.23. The summed E-state index contributed by atoms with van der Waals surface area (Å²) < 4.78 is 4.10. The molecule has 0 amide bonds. The van der Waals surface area contributed by atoms with Crippen LogP contribution in [0.15, 0.2) is 48.9 Å². The first-order valence-electron chi connectivity index (χ1n) is 9.87. The van der Waals surface area contributed by atoms with Crippen molar-refractivity contribution in [3.05, 3.63) is 65.7 Å². The van der Waals surface area contributed by atoms with Gasteiger partial charge in [-0.25, -0.2) is 4.98 Å². The van der Waals surface area contributed by atoms with Crippen molar-refractivity contribution in [3.8, 4) is 11.1 Å². The number of nitrogens with zero attached hydrogens (tertiary/aromatic N) is 5. The number of aromatic nitrogens is 4. The molecule has 0 aliphatic carbocycles. The highest BCUT2D eigenvalue weighted by molar-refractivity contribution is 5.73. The Kier molecular flexibility index (Phi) is 3.79. The van der Waals surface area contributed by atoms with Crippen LogP contribution in [0, 0.1) is 13.8 Å². The van der Waals surface area contributed by atoms with E-state index in [1.54, 1.807) is 0 Å². The summed E-state index contributed by atoms with van der Waals surface area (Å²) in [7, 11) is 1.95. The standard InChI is InChI=1S/C23H25N5/c1-15-5-6-16(2)20(11-15)27-10-9-17(3)22-23(27)28-14-18(7-8-21(28)25-22)19-12-24-26(4)13-19/h5-8,11-14,17H,9-10H2,1-4H3. The molecule has 1 unspecified atom stereocenters. The number of rotatable bonds is 2. The van der Waals surface area contributed by atoms with Gasteiger partial charge in [-0.1, -0.05) is 19.1 Å². The van der Waals surface area contributed by atoms with Gasteiger partial charge in [-0.15, -0.1) is 0 Å². The predicted molar refractivity (Wildman–Crippen MR) is 113 cm³/mol. The molecule has 3 aromatic heterocycles. The summed E-state index contributed by atoms with van der Waals surface area (Å²) in [4.78, 5) is 7.45. The van der Waals surface area contributed by atoms with Crippen LogP contribution in [0.25, 0.3) is 16.8 Å². The summed E-state index contributed by atoms with van der Waals surface area (Å²) in [6, 6.07) is 10.9. The topological polar surface area (TPSA) is 38.4 Å². The van der Waals surface area contributed by atoms with Crippen molar-refractivity contribution < 1.29 is 0 Å². The molecule has 5 heteroatoms. The van der Waals surface area contributed by atoms with E-state index in [1.165, 1.54) is 28.3 Å². The second-order valence-electron chi connectivity index (χ2n) is 8.00. The maximum Gasteiger partial charge on any atom is 0.141 e. The quantitative estimate of drug-likeness (QED) is 0.498. The van der Waals surface area contributed by atoms with Crippen LogP contribution in [-0.4, -0.2) is 25.7 Å². The summed E-state index contributed by atoms with van der Waals surface area (Å²) in [5.41, 5.74) is 8.32. The Morgan fingerprint density at radius 3 is 2.68 bits per heavy atom. The fraction of sp³-hybridized carbons (Fsp3) is 0.304. The molecule has 0 saturated heterocycles. The van der Waals surface area contributed by atoms with Gasteiger partial charge in [0.1, 0.15) is 11.5 Å². The van der Waals surface area contributed by atoms with E-state index in [-0.39, 0.29) is 0 Å². The van der Waals surface area contributed by atoms with E-state index < -0.39 is 0 Å². The van der Waals surface area contributed by atoms with Crippen LogP contribution in [0.1, 0.15) is 36.1 Å².